The number of alkyl halides is 3. The molecule has 148 valence electrons. The van der Waals surface area contributed by atoms with E-state index in [1.807, 2.05) is 12.1 Å². The highest BCUT2D eigenvalue weighted by molar-refractivity contribution is 6.30. The predicted molar refractivity (Wildman–Crippen MR) is 95.8 cm³/mol. The van der Waals surface area contributed by atoms with Crippen molar-refractivity contribution in [3.8, 4) is 0 Å². The van der Waals surface area contributed by atoms with Crippen molar-refractivity contribution < 1.29 is 18.0 Å². The fourth-order valence-electron chi connectivity index (χ4n) is 2.52. The summed E-state index contributed by atoms with van der Waals surface area (Å²) in [6, 6.07) is 8.20. The molecule has 28 heavy (non-hydrogen) atoms. The van der Waals surface area contributed by atoms with E-state index in [2.05, 4.69) is 20.5 Å². The van der Waals surface area contributed by atoms with Crippen molar-refractivity contribution in [2.75, 3.05) is 5.32 Å². The number of carbonyl (C=O) groups is 1. The number of hydrogen-bond acceptors (Lipinski definition) is 4. The van der Waals surface area contributed by atoms with Gasteiger partial charge >= 0.3 is 6.18 Å². The minimum Gasteiger partial charge on any atom is -0.293 e. The van der Waals surface area contributed by atoms with E-state index in [-0.39, 0.29) is 18.9 Å². The molecule has 0 saturated heterocycles. The molecule has 11 heteroatoms. The highest BCUT2D eigenvalue weighted by Crippen LogP contribution is 2.28. The Morgan fingerprint density at radius 2 is 2.04 bits per heavy atom. The number of rotatable bonds is 6. The summed E-state index contributed by atoms with van der Waals surface area (Å²) in [5, 5.41) is 10.7. The van der Waals surface area contributed by atoms with Crippen molar-refractivity contribution >= 4 is 23.5 Å². The molecule has 0 aliphatic heterocycles. The number of benzene rings is 1. The predicted octanol–water partition coefficient (Wildman–Crippen LogP) is 3.53. The van der Waals surface area contributed by atoms with Crippen molar-refractivity contribution in [3.05, 3.63) is 58.6 Å². The van der Waals surface area contributed by atoms with Crippen LogP contribution in [0.2, 0.25) is 5.02 Å². The third-order valence-electron chi connectivity index (χ3n) is 3.84. The first kappa shape index (κ1) is 19.9. The number of carbonyl (C=O) groups excluding carboxylic acids is 1. The maximum Gasteiger partial charge on any atom is 0.435 e. The van der Waals surface area contributed by atoms with Gasteiger partial charge in [0.2, 0.25) is 11.9 Å². The molecule has 1 N–H and O–H groups in total. The first-order chi connectivity index (χ1) is 13.2. The molecule has 0 unspecified atom stereocenters. The minimum atomic E-state index is -4.52. The molecule has 1 aromatic carbocycles. The van der Waals surface area contributed by atoms with Gasteiger partial charge in [-0.25, -0.2) is 9.67 Å². The second-order valence-electron chi connectivity index (χ2n) is 6.09. The zero-order chi connectivity index (χ0) is 20.3. The molecule has 2 aromatic heterocycles. The smallest absolute Gasteiger partial charge is 0.293 e. The van der Waals surface area contributed by atoms with Crippen molar-refractivity contribution in [2.24, 2.45) is 0 Å². The van der Waals surface area contributed by atoms with Gasteiger partial charge in [0.15, 0.2) is 5.69 Å². The van der Waals surface area contributed by atoms with Crippen LogP contribution in [0.1, 0.15) is 23.4 Å². The van der Waals surface area contributed by atoms with Crippen LogP contribution < -0.4 is 5.32 Å². The van der Waals surface area contributed by atoms with Crippen LogP contribution in [0.25, 0.3) is 0 Å². The number of hydrogen-bond donors (Lipinski definition) is 1. The fourth-order valence-corrected chi connectivity index (χ4v) is 2.73. The molecule has 7 nitrogen and oxygen atoms in total. The van der Waals surface area contributed by atoms with Gasteiger partial charge in [-0.2, -0.15) is 18.3 Å². The monoisotopic (exact) mass is 412 g/mol. The SMILES string of the molecule is Cc1cc(C(F)(F)F)nn1CCC(=O)Nc1ncn(Cc2cccc(Cl)c2)n1. The molecular weight excluding hydrogens is 397 g/mol. The van der Waals surface area contributed by atoms with Gasteiger partial charge in [-0.3, -0.25) is 14.8 Å². The Morgan fingerprint density at radius 1 is 1.25 bits per heavy atom. The van der Waals surface area contributed by atoms with E-state index in [1.54, 1.807) is 12.1 Å². The van der Waals surface area contributed by atoms with Crippen LogP contribution in [-0.4, -0.2) is 30.5 Å². The lowest BCUT2D eigenvalue weighted by atomic mass is 10.2. The standard InChI is InChI=1S/C17H16ClF3N6O/c1-11-7-14(17(19,20)21)24-27(11)6-5-15(28)23-16-22-10-26(25-16)9-12-3-2-4-13(18)8-12/h2-4,7-8,10H,5-6,9H2,1H3,(H,23,25,28). The minimum absolute atomic E-state index is 0.0109. The molecule has 0 aliphatic carbocycles. The van der Waals surface area contributed by atoms with Gasteiger partial charge in [0, 0.05) is 23.7 Å². The van der Waals surface area contributed by atoms with E-state index in [4.69, 9.17) is 11.6 Å². The summed E-state index contributed by atoms with van der Waals surface area (Å²) >= 11 is 5.94. The zero-order valence-corrected chi connectivity index (χ0v) is 15.5. The maximum absolute atomic E-state index is 12.7. The summed E-state index contributed by atoms with van der Waals surface area (Å²) in [6.07, 6.45) is -3.12. The van der Waals surface area contributed by atoms with E-state index in [9.17, 15) is 18.0 Å². The average molecular weight is 413 g/mol. The van der Waals surface area contributed by atoms with Crippen molar-refractivity contribution in [1.29, 1.82) is 0 Å². The molecule has 3 aromatic rings. The third-order valence-corrected chi connectivity index (χ3v) is 4.08. The quantitative estimate of drug-likeness (QED) is 0.671. The van der Waals surface area contributed by atoms with Gasteiger partial charge in [0.1, 0.15) is 6.33 Å². The zero-order valence-electron chi connectivity index (χ0n) is 14.7. The van der Waals surface area contributed by atoms with Gasteiger partial charge in [-0.15, -0.1) is 5.10 Å². The Hall–Kier alpha value is -2.88. The van der Waals surface area contributed by atoms with Crippen LogP contribution in [0.3, 0.4) is 0 Å². The number of amides is 1. The Balaban J connectivity index is 1.54. The molecular formula is C17H16ClF3N6O. The summed E-state index contributed by atoms with van der Waals surface area (Å²) in [6.45, 7) is 1.94. The lowest BCUT2D eigenvalue weighted by Crippen LogP contribution is -2.17. The second-order valence-corrected chi connectivity index (χ2v) is 6.52. The molecule has 0 spiro atoms. The van der Waals surface area contributed by atoms with Crippen LogP contribution in [0.4, 0.5) is 19.1 Å². The van der Waals surface area contributed by atoms with Crippen molar-refractivity contribution in [1.82, 2.24) is 24.5 Å². The van der Waals surface area contributed by atoms with Gasteiger partial charge in [0.05, 0.1) is 6.54 Å². The Bertz CT molecular complexity index is 981. The third kappa shape index (κ3) is 5.10. The van der Waals surface area contributed by atoms with E-state index < -0.39 is 17.8 Å². The molecule has 2 heterocycles. The van der Waals surface area contributed by atoms with Gasteiger partial charge in [-0.1, -0.05) is 23.7 Å². The molecule has 3 rings (SSSR count). The number of aryl methyl sites for hydroxylation is 2. The van der Waals surface area contributed by atoms with E-state index >= 15 is 0 Å². The highest BCUT2D eigenvalue weighted by atomic mass is 35.5. The summed E-state index contributed by atoms with van der Waals surface area (Å²) in [5.74, 6) is -0.316. The summed E-state index contributed by atoms with van der Waals surface area (Å²) in [4.78, 5) is 16.0. The average Bonchev–Trinajstić information content (AvgIpc) is 3.19. The van der Waals surface area contributed by atoms with Gasteiger partial charge in [-0.05, 0) is 30.7 Å². The summed E-state index contributed by atoms with van der Waals surface area (Å²) in [7, 11) is 0. The maximum atomic E-state index is 12.7. The Morgan fingerprint density at radius 3 is 2.71 bits per heavy atom. The highest BCUT2D eigenvalue weighted by Gasteiger charge is 2.34. The Labute approximate surface area is 163 Å². The Kier molecular flexibility index (Phi) is 5.68. The first-order valence-electron chi connectivity index (χ1n) is 8.26. The lowest BCUT2D eigenvalue weighted by Gasteiger charge is -2.05. The molecule has 0 radical (unpaired) electrons. The largest absolute Gasteiger partial charge is 0.435 e. The van der Waals surface area contributed by atoms with Gasteiger partial charge in [0.25, 0.3) is 0 Å². The van der Waals surface area contributed by atoms with Crippen LogP contribution in [0.15, 0.2) is 36.7 Å². The van der Waals surface area contributed by atoms with E-state index in [0.29, 0.717) is 17.3 Å². The summed E-state index contributed by atoms with van der Waals surface area (Å²) < 4.78 is 40.7. The molecule has 1 amide bonds. The van der Waals surface area contributed by atoms with Crippen LogP contribution in [0, 0.1) is 6.92 Å². The number of anilines is 1. The van der Waals surface area contributed by atoms with E-state index in [0.717, 1.165) is 16.3 Å². The summed E-state index contributed by atoms with van der Waals surface area (Å²) in [5.41, 5.74) is 0.265. The topological polar surface area (TPSA) is 77.6 Å². The first-order valence-corrected chi connectivity index (χ1v) is 8.64. The van der Waals surface area contributed by atoms with Crippen molar-refractivity contribution in [3.63, 3.8) is 0 Å². The number of nitrogens with one attached hydrogen (secondary N) is 1. The fraction of sp³-hybridized carbons (Fsp3) is 0.294. The number of nitrogens with zero attached hydrogens (tertiary/aromatic N) is 5. The van der Waals surface area contributed by atoms with Gasteiger partial charge < -0.3 is 0 Å². The molecule has 0 atom stereocenters. The van der Waals surface area contributed by atoms with Crippen LogP contribution >= 0.6 is 11.6 Å². The molecule has 0 saturated carbocycles. The molecule has 0 aliphatic rings. The number of aromatic nitrogens is 5. The van der Waals surface area contributed by atoms with Crippen molar-refractivity contribution in [2.45, 2.75) is 32.6 Å². The molecule has 0 fully saturated rings. The van der Waals surface area contributed by atoms with Crippen LogP contribution in [-0.2, 0) is 24.1 Å². The van der Waals surface area contributed by atoms with Crippen LogP contribution in [0.5, 0.6) is 0 Å². The van der Waals surface area contributed by atoms with E-state index in [1.165, 1.54) is 17.9 Å². The lowest BCUT2D eigenvalue weighted by molar-refractivity contribution is -0.141. The normalized spacial score (nSPS) is 11.6. The molecule has 0 bridgehead atoms. The number of halogens is 4. The second kappa shape index (κ2) is 8.01.